The van der Waals surface area contributed by atoms with Crippen molar-refractivity contribution >= 4 is 5.97 Å². The summed E-state index contributed by atoms with van der Waals surface area (Å²) in [6.07, 6.45) is 22.4. The normalized spacial score (nSPS) is 9.57. The second-order valence-corrected chi connectivity index (χ2v) is 7.87. The third-order valence-corrected chi connectivity index (χ3v) is 4.84. The topological polar surface area (TPSA) is 57.5 Å². The highest BCUT2D eigenvalue weighted by Gasteiger charge is 1.96. The average molecular weight is 421 g/mol. The van der Waals surface area contributed by atoms with Gasteiger partial charge in [-0.1, -0.05) is 102 Å². The van der Waals surface area contributed by atoms with Crippen LogP contribution in [0, 0.1) is 23.7 Å². The fraction of sp³-hybridized carbons (Fsp3) is 0.815. The van der Waals surface area contributed by atoms with Crippen LogP contribution in [0.25, 0.3) is 0 Å². The molecule has 0 fully saturated rings. The summed E-state index contributed by atoms with van der Waals surface area (Å²) in [5.41, 5.74) is 0. The van der Waals surface area contributed by atoms with Crippen molar-refractivity contribution < 1.29 is 15.0 Å². The van der Waals surface area contributed by atoms with Gasteiger partial charge in [-0.05, 0) is 38.0 Å². The number of carbonyl (C=O) groups is 1. The highest BCUT2D eigenvalue weighted by molar-refractivity contribution is 5.66. The van der Waals surface area contributed by atoms with Crippen LogP contribution in [0.1, 0.15) is 136 Å². The largest absolute Gasteiger partial charge is 0.481 e. The molecule has 0 atom stereocenters. The van der Waals surface area contributed by atoms with E-state index in [1.807, 2.05) is 0 Å². The first-order valence-electron chi connectivity index (χ1n) is 12.5. The zero-order valence-electron chi connectivity index (χ0n) is 19.9. The van der Waals surface area contributed by atoms with Crippen LogP contribution in [0.5, 0.6) is 0 Å². The van der Waals surface area contributed by atoms with E-state index in [9.17, 15) is 4.79 Å². The fourth-order valence-electron chi connectivity index (χ4n) is 3.11. The average Bonchev–Trinajstić information content (AvgIpc) is 2.72. The summed E-state index contributed by atoms with van der Waals surface area (Å²) in [5, 5.41) is 16.1. The number of aliphatic hydroxyl groups excluding tert-OH is 1. The predicted molar refractivity (Wildman–Crippen MR) is 129 cm³/mol. The Morgan fingerprint density at radius 3 is 1.30 bits per heavy atom. The fourth-order valence-corrected chi connectivity index (χ4v) is 3.11. The van der Waals surface area contributed by atoms with Crippen molar-refractivity contribution in [1.29, 1.82) is 0 Å². The molecule has 3 nitrogen and oxygen atoms in total. The zero-order valence-corrected chi connectivity index (χ0v) is 19.9. The second-order valence-electron chi connectivity index (χ2n) is 7.87. The lowest BCUT2D eigenvalue weighted by atomic mass is 10.1. The Morgan fingerprint density at radius 1 is 0.600 bits per heavy atom. The van der Waals surface area contributed by atoms with Crippen LogP contribution in [-0.4, -0.2) is 22.8 Å². The third kappa shape index (κ3) is 34.1. The molecule has 0 aliphatic carbocycles. The molecule has 174 valence electrons. The highest BCUT2D eigenvalue weighted by atomic mass is 16.4. The number of hydrogen-bond donors (Lipinski definition) is 2. The van der Waals surface area contributed by atoms with Gasteiger partial charge in [-0.2, -0.15) is 0 Å². The maximum Gasteiger partial charge on any atom is 0.303 e. The van der Waals surface area contributed by atoms with Crippen molar-refractivity contribution in [2.24, 2.45) is 0 Å². The minimum Gasteiger partial charge on any atom is -0.481 e. The van der Waals surface area contributed by atoms with Gasteiger partial charge in [0.15, 0.2) is 0 Å². The number of aliphatic hydroxyl groups is 1. The number of unbranched alkanes of at least 4 members (excludes halogenated alkanes) is 16. The van der Waals surface area contributed by atoms with Crippen LogP contribution in [0.3, 0.4) is 0 Å². The summed E-state index contributed by atoms with van der Waals surface area (Å²) < 4.78 is 0. The summed E-state index contributed by atoms with van der Waals surface area (Å²) in [4.78, 5) is 10.4. The molecule has 0 aliphatic rings. The van der Waals surface area contributed by atoms with Gasteiger partial charge in [0.1, 0.15) is 0 Å². The quantitative estimate of drug-likeness (QED) is 0.178. The molecule has 0 spiro atoms. The minimum absolute atomic E-state index is 0.250. The van der Waals surface area contributed by atoms with E-state index in [1.165, 1.54) is 77.0 Å². The first kappa shape index (κ1) is 30.7. The van der Waals surface area contributed by atoms with E-state index >= 15 is 0 Å². The Kier molecular flexibility index (Phi) is 30.5. The third-order valence-electron chi connectivity index (χ3n) is 4.84. The molecule has 0 aliphatic heterocycles. The van der Waals surface area contributed by atoms with Gasteiger partial charge in [-0.25, -0.2) is 0 Å². The Bertz CT molecular complexity index is 462. The first-order chi connectivity index (χ1) is 14.7. The second kappa shape index (κ2) is 29.7. The van der Waals surface area contributed by atoms with Crippen molar-refractivity contribution in [3.63, 3.8) is 0 Å². The lowest BCUT2D eigenvalue weighted by Crippen LogP contribution is -1.93. The van der Waals surface area contributed by atoms with E-state index < -0.39 is 5.97 Å². The van der Waals surface area contributed by atoms with Crippen molar-refractivity contribution in [3.05, 3.63) is 0 Å². The number of hydrogen-bond acceptors (Lipinski definition) is 2. The molecular formula is C27H48O3. The molecule has 0 aromatic rings. The van der Waals surface area contributed by atoms with Crippen LogP contribution >= 0.6 is 0 Å². The van der Waals surface area contributed by atoms with E-state index in [1.54, 1.807) is 6.92 Å². The maximum absolute atomic E-state index is 10.4. The van der Waals surface area contributed by atoms with Crippen LogP contribution < -0.4 is 0 Å². The highest BCUT2D eigenvalue weighted by Crippen LogP contribution is 2.11. The Morgan fingerprint density at radius 2 is 0.933 bits per heavy atom. The van der Waals surface area contributed by atoms with Crippen molar-refractivity contribution in [2.45, 2.75) is 136 Å². The number of carboxylic acid groups (broad SMARTS) is 1. The molecule has 0 unspecified atom stereocenters. The number of rotatable bonds is 18. The molecule has 0 aromatic carbocycles. The molecule has 3 heteroatoms. The minimum atomic E-state index is -0.681. The Hall–Kier alpha value is -1.45. The van der Waals surface area contributed by atoms with E-state index in [2.05, 4.69) is 30.6 Å². The molecule has 0 aromatic heterocycles. The first-order valence-corrected chi connectivity index (χ1v) is 12.5. The monoisotopic (exact) mass is 420 g/mol. The molecule has 0 radical (unpaired) electrons. The zero-order chi connectivity index (χ0) is 22.5. The summed E-state index contributed by atoms with van der Waals surface area (Å²) in [6, 6.07) is 0. The predicted octanol–water partition coefficient (Wildman–Crippen LogP) is 7.51. The lowest BCUT2D eigenvalue weighted by molar-refractivity contribution is -0.137. The molecule has 0 bridgehead atoms. The molecule has 0 saturated heterocycles. The van der Waals surface area contributed by atoms with Gasteiger partial charge in [0.2, 0.25) is 0 Å². The number of carboxylic acids is 1. The standard InChI is InChI=1S/C25H42O2.C2H6O/c1-2-3-4-5-6-7-8-9-10-11-12-13-14-15-16-17-18-19-20-21-22-23-24-25(26)27;1-2-3/h2-12,17-24H2,1H3,(H,26,27);3H,2H2,1H3. The van der Waals surface area contributed by atoms with Crippen LogP contribution in [0.4, 0.5) is 0 Å². The van der Waals surface area contributed by atoms with E-state index in [0.29, 0.717) is 6.42 Å². The smallest absolute Gasteiger partial charge is 0.303 e. The van der Waals surface area contributed by atoms with E-state index in [-0.39, 0.29) is 6.61 Å². The van der Waals surface area contributed by atoms with Crippen LogP contribution in [-0.2, 0) is 4.79 Å². The van der Waals surface area contributed by atoms with Crippen molar-refractivity contribution in [1.82, 2.24) is 0 Å². The van der Waals surface area contributed by atoms with Crippen LogP contribution in [0.2, 0.25) is 0 Å². The summed E-state index contributed by atoms with van der Waals surface area (Å²) in [7, 11) is 0. The van der Waals surface area contributed by atoms with Crippen molar-refractivity contribution in [3.8, 4) is 23.7 Å². The van der Waals surface area contributed by atoms with Gasteiger partial charge in [-0.15, -0.1) is 0 Å². The molecular weight excluding hydrogens is 372 g/mol. The molecule has 0 saturated carbocycles. The summed E-state index contributed by atoms with van der Waals surface area (Å²) in [5.74, 6) is 11.6. The SMILES string of the molecule is CCCCCCCCCCCCC#CC#CCCCCCCCCC(=O)O.CCO. The maximum atomic E-state index is 10.4. The molecule has 30 heavy (non-hydrogen) atoms. The Balaban J connectivity index is 0. The lowest BCUT2D eigenvalue weighted by Gasteiger charge is -2.00. The summed E-state index contributed by atoms with van der Waals surface area (Å²) >= 11 is 0. The van der Waals surface area contributed by atoms with Crippen molar-refractivity contribution in [2.75, 3.05) is 6.61 Å². The van der Waals surface area contributed by atoms with Gasteiger partial charge in [0, 0.05) is 25.9 Å². The summed E-state index contributed by atoms with van der Waals surface area (Å²) in [6.45, 7) is 4.20. The van der Waals surface area contributed by atoms with Gasteiger partial charge in [-0.3, -0.25) is 4.79 Å². The number of aliphatic carboxylic acids is 1. The van der Waals surface area contributed by atoms with E-state index in [0.717, 1.165) is 38.5 Å². The molecule has 2 N–H and O–H groups in total. The molecule has 0 amide bonds. The Labute approximate surface area is 187 Å². The van der Waals surface area contributed by atoms with Crippen LogP contribution in [0.15, 0.2) is 0 Å². The van der Waals surface area contributed by atoms with Gasteiger partial charge < -0.3 is 10.2 Å². The van der Waals surface area contributed by atoms with Gasteiger partial charge >= 0.3 is 5.97 Å². The van der Waals surface area contributed by atoms with Gasteiger partial charge in [0.25, 0.3) is 0 Å². The van der Waals surface area contributed by atoms with Gasteiger partial charge in [0.05, 0.1) is 0 Å². The van der Waals surface area contributed by atoms with E-state index in [4.69, 9.17) is 10.2 Å². The molecule has 0 rings (SSSR count). The molecule has 0 heterocycles.